The standard InChI is InChI=1S/C16H20N2OS/c1-10-5-6-14(11(2)9-10)18-15(19)7-8-16-17-12(3)13(4)20-16/h5-6,9H,7-8H2,1-4H3,(H,18,19). The van der Waals surface area contributed by atoms with Crippen LogP contribution in [0.3, 0.4) is 0 Å². The summed E-state index contributed by atoms with van der Waals surface area (Å²) in [5, 5.41) is 4.00. The topological polar surface area (TPSA) is 42.0 Å². The maximum Gasteiger partial charge on any atom is 0.224 e. The molecule has 0 spiro atoms. The van der Waals surface area contributed by atoms with Crippen molar-refractivity contribution < 1.29 is 4.79 Å². The number of rotatable bonds is 4. The third kappa shape index (κ3) is 3.67. The lowest BCUT2D eigenvalue weighted by molar-refractivity contribution is -0.116. The van der Waals surface area contributed by atoms with Gasteiger partial charge in [0.2, 0.25) is 5.91 Å². The van der Waals surface area contributed by atoms with Crippen molar-refractivity contribution in [3.05, 3.63) is 44.9 Å². The fourth-order valence-corrected chi connectivity index (χ4v) is 2.97. The number of carbonyl (C=O) groups excluding carboxylic acids is 1. The first kappa shape index (κ1) is 14.7. The minimum absolute atomic E-state index is 0.0439. The zero-order valence-corrected chi connectivity index (χ0v) is 13.2. The Morgan fingerprint density at radius 1 is 1.25 bits per heavy atom. The molecule has 0 aliphatic carbocycles. The number of aromatic nitrogens is 1. The number of hydrogen-bond donors (Lipinski definition) is 1. The fraction of sp³-hybridized carbons (Fsp3) is 0.375. The molecule has 4 heteroatoms. The van der Waals surface area contributed by atoms with Crippen LogP contribution in [0, 0.1) is 27.7 Å². The SMILES string of the molecule is Cc1ccc(NC(=O)CCc2nc(C)c(C)s2)c(C)c1. The van der Waals surface area contributed by atoms with Crippen LogP contribution in [0.1, 0.15) is 33.1 Å². The number of nitrogens with zero attached hydrogens (tertiary/aromatic N) is 1. The van der Waals surface area contributed by atoms with E-state index in [0.29, 0.717) is 12.8 Å². The molecule has 1 aromatic heterocycles. The number of nitrogens with one attached hydrogen (secondary N) is 1. The Hall–Kier alpha value is -1.68. The summed E-state index contributed by atoms with van der Waals surface area (Å²) in [5.41, 5.74) is 4.26. The van der Waals surface area contributed by atoms with Crippen molar-refractivity contribution in [1.82, 2.24) is 4.98 Å². The van der Waals surface area contributed by atoms with Crippen LogP contribution in [0.5, 0.6) is 0 Å². The third-order valence-corrected chi connectivity index (χ3v) is 4.43. The summed E-state index contributed by atoms with van der Waals surface area (Å²) in [6, 6.07) is 6.04. The van der Waals surface area contributed by atoms with Gasteiger partial charge in [-0.25, -0.2) is 4.98 Å². The van der Waals surface area contributed by atoms with Crippen LogP contribution in [0.2, 0.25) is 0 Å². The predicted octanol–water partition coefficient (Wildman–Crippen LogP) is 3.95. The quantitative estimate of drug-likeness (QED) is 0.925. The van der Waals surface area contributed by atoms with Gasteiger partial charge in [-0.15, -0.1) is 11.3 Å². The maximum atomic E-state index is 12.0. The summed E-state index contributed by atoms with van der Waals surface area (Å²) >= 11 is 1.68. The van der Waals surface area contributed by atoms with Gasteiger partial charge in [0, 0.05) is 23.4 Å². The van der Waals surface area contributed by atoms with Gasteiger partial charge in [-0.3, -0.25) is 4.79 Å². The van der Waals surface area contributed by atoms with Gasteiger partial charge in [0.1, 0.15) is 0 Å². The molecule has 20 heavy (non-hydrogen) atoms. The van der Waals surface area contributed by atoms with E-state index in [1.54, 1.807) is 11.3 Å². The molecule has 0 saturated heterocycles. The average molecular weight is 288 g/mol. The average Bonchev–Trinajstić information content (AvgIpc) is 2.70. The summed E-state index contributed by atoms with van der Waals surface area (Å²) in [7, 11) is 0. The van der Waals surface area contributed by atoms with Crippen LogP contribution in [-0.2, 0) is 11.2 Å². The van der Waals surface area contributed by atoms with Crippen molar-refractivity contribution in [2.24, 2.45) is 0 Å². The van der Waals surface area contributed by atoms with Crippen molar-refractivity contribution in [2.45, 2.75) is 40.5 Å². The molecule has 0 fully saturated rings. The molecular weight excluding hydrogens is 268 g/mol. The molecule has 106 valence electrons. The van der Waals surface area contributed by atoms with Gasteiger partial charge < -0.3 is 5.32 Å². The van der Waals surface area contributed by atoms with E-state index >= 15 is 0 Å². The van der Waals surface area contributed by atoms with E-state index in [9.17, 15) is 4.79 Å². The lowest BCUT2D eigenvalue weighted by atomic mass is 10.1. The number of amides is 1. The number of aryl methyl sites for hydroxylation is 5. The largest absolute Gasteiger partial charge is 0.326 e. The lowest BCUT2D eigenvalue weighted by Gasteiger charge is -2.08. The van der Waals surface area contributed by atoms with Crippen LogP contribution < -0.4 is 5.32 Å². The van der Waals surface area contributed by atoms with Crippen molar-refractivity contribution in [3.63, 3.8) is 0 Å². The Morgan fingerprint density at radius 3 is 2.60 bits per heavy atom. The Labute approximate surface area is 124 Å². The minimum Gasteiger partial charge on any atom is -0.326 e. The van der Waals surface area contributed by atoms with Crippen LogP contribution >= 0.6 is 11.3 Å². The predicted molar refractivity (Wildman–Crippen MR) is 84.5 cm³/mol. The molecule has 2 aromatic rings. The zero-order valence-electron chi connectivity index (χ0n) is 12.4. The van der Waals surface area contributed by atoms with Crippen molar-refractivity contribution >= 4 is 22.9 Å². The van der Waals surface area contributed by atoms with Crippen LogP contribution in [0.4, 0.5) is 5.69 Å². The molecule has 0 atom stereocenters. The normalized spacial score (nSPS) is 10.6. The van der Waals surface area contributed by atoms with E-state index in [1.165, 1.54) is 10.4 Å². The summed E-state index contributed by atoms with van der Waals surface area (Å²) in [4.78, 5) is 17.7. The molecule has 1 heterocycles. The molecule has 0 unspecified atom stereocenters. The summed E-state index contributed by atoms with van der Waals surface area (Å²) in [6.07, 6.45) is 1.18. The monoisotopic (exact) mass is 288 g/mol. The smallest absolute Gasteiger partial charge is 0.224 e. The third-order valence-electron chi connectivity index (χ3n) is 3.29. The second-order valence-electron chi connectivity index (χ2n) is 5.12. The van der Waals surface area contributed by atoms with Gasteiger partial charge in [0.05, 0.1) is 10.7 Å². The molecule has 2 rings (SSSR count). The Bertz CT molecular complexity index is 612. The van der Waals surface area contributed by atoms with Gasteiger partial charge >= 0.3 is 0 Å². The van der Waals surface area contributed by atoms with Crippen molar-refractivity contribution in [2.75, 3.05) is 5.32 Å². The fourth-order valence-electron chi connectivity index (χ4n) is 2.03. The zero-order chi connectivity index (χ0) is 14.7. The molecule has 0 aliphatic rings. The molecule has 0 saturated carbocycles. The summed E-state index contributed by atoms with van der Waals surface area (Å²) < 4.78 is 0. The number of hydrogen-bond acceptors (Lipinski definition) is 3. The molecule has 0 aliphatic heterocycles. The molecule has 1 aromatic carbocycles. The van der Waals surface area contributed by atoms with E-state index < -0.39 is 0 Å². The molecular formula is C16H20N2OS. The Kier molecular flexibility index (Phi) is 4.55. The first-order valence-corrected chi connectivity index (χ1v) is 7.57. The molecule has 0 radical (unpaired) electrons. The van der Waals surface area contributed by atoms with E-state index in [-0.39, 0.29) is 5.91 Å². The lowest BCUT2D eigenvalue weighted by Crippen LogP contribution is -2.13. The summed E-state index contributed by atoms with van der Waals surface area (Å²) in [5.74, 6) is 0.0439. The van der Waals surface area contributed by atoms with Gasteiger partial charge in [0.25, 0.3) is 0 Å². The van der Waals surface area contributed by atoms with Crippen LogP contribution in [0.25, 0.3) is 0 Å². The highest BCUT2D eigenvalue weighted by Crippen LogP contribution is 2.19. The molecule has 1 N–H and O–H groups in total. The van der Waals surface area contributed by atoms with Gasteiger partial charge in [-0.2, -0.15) is 0 Å². The second-order valence-corrected chi connectivity index (χ2v) is 6.40. The van der Waals surface area contributed by atoms with E-state index in [0.717, 1.165) is 22.0 Å². The van der Waals surface area contributed by atoms with Gasteiger partial charge in [-0.1, -0.05) is 17.7 Å². The molecule has 1 amide bonds. The number of thiazole rings is 1. The first-order chi connectivity index (χ1) is 9.45. The van der Waals surface area contributed by atoms with Crippen LogP contribution in [-0.4, -0.2) is 10.9 Å². The minimum atomic E-state index is 0.0439. The molecule has 0 bridgehead atoms. The highest BCUT2D eigenvalue weighted by molar-refractivity contribution is 7.11. The molecule has 3 nitrogen and oxygen atoms in total. The highest BCUT2D eigenvalue weighted by atomic mass is 32.1. The van der Waals surface area contributed by atoms with E-state index in [1.807, 2.05) is 32.9 Å². The number of anilines is 1. The van der Waals surface area contributed by atoms with E-state index in [4.69, 9.17) is 0 Å². The first-order valence-electron chi connectivity index (χ1n) is 6.75. The second kappa shape index (κ2) is 6.18. The Balaban J connectivity index is 1.92. The van der Waals surface area contributed by atoms with Gasteiger partial charge in [0.15, 0.2) is 0 Å². The van der Waals surface area contributed by atoms with Crippen LogP contribution in [0.15, 0.2) is 18.2 Å². The number of benzene rings is 1. The van der Waals surface area contributed by atoms with Crippen molar-refractivity contribution in [1.29, 1.82) is 0 Å². The van der Waals surface area contributed by atoms with E-state index in [2.05, 4.69) is 23.3 Å². The van der Waals surface area contributed by atoms with Crippen molar-refractivity contribution in [3.8, 4) is 0 Å². The Morgan fingerprint density at radius 2 is 2.00 bits per heavy atom. The highest BCUT2D eigenvalue weighted by Gasteiger charge is 2.08. The summed E-state index contributed by atoms with van der Waals surface area (Å²) in [6.45, 7) is 8.12. The van der Waals surface area contributed by atoms with Gasteiger partial charge in [-0.05, 0) is 39.3 Å². The number of carbonyl (C=O) groups is 1. The maximum absolute atomic E-state index is 12.0.